The van der Waals surface area contributed by atoms with Crippen molar-refractivity contribution < 1.29 is 18.7 Å². The van der Waals surface area contributed by atoms with Gasteiger partial charge in [0.05, 0.1) is 19.6 Å². The van der Waals surface area contributed by atoms with Crippen molar-refractivity contribution in [1.82, 2.24) is 0 Å². The Morgan fingerprint density at radius 3 is 2.33 bits per heavy atom. The number of ether oxygens (including phenoxy) is 2. The average Bonchev–Trinajstić information content (AvgIpc) is 2.60. The first-order chi connectivity index (χ1) is 11.5. The van der Waals surface area contributed by atoms with Gasteiger partial charge in [0, 0.05) is 17.2 Å². The zero-order valence-electron chi connectivity index (χ0n) is 13.2. The van der Waals surface area contributed by atoms with Crippen LogP contribution in [0.3, 0.4) is 0 Å². The number of fused-ring (bicyclic) bond motifs is 1. The van der Waals surface area contributed by atoms with Crippen molar-refractivity contribution >= 4 is 16.9 Å². The predicted molar refractivity (Wildman–Crippen MR) is 89.5 cm³/mol. The van der Waals surface area contributed by atoms with Crippen LogP contribution >= 0.6 is 0 Å². The molecule has 2 aromatic carbocycles. The van der Waals surface area contributed by atoms with Crippen molar-refractivity contribution in [3.63, 3.8) is 0 Å². The van der Waals surface area contributed by atoms with Crippen LogP contribution in [-0.2, 0) is 0 Å². The highest BCUT2D eigenvalue weighted by molar-refractivity contribution is 5.93. The van der Waals surface area contributed by atoms with E-state index in [2.05, 4.69) is 0 Å². The fourth-order valence-corrected chi connectivity index (χ4v) is 2.47. The standard InChI is InChI=1S/C18H15NO5/c1-22-14-8-7-12-13(20)9-15(24-16(12)17(14)23-2)10-3-5-11(6-4-10)18(19)21/h3-9H,1-2H3,(H2,19,21). The van der Waals surface area contributed by atoms with Crippen LogP contribution in [0.4, 0.5) is 0 Å². The molecule has 0 unspecified atom stereocenters. The Morgan fingerprint density at radius 2 is 1.75 bits per heavy atom. The molecule has 0 aliphatic rings. The minimum Gasteiger partial charge on any atom is -0.493 e. The third kappa shape index (κ3) is 2.58. The van der Waals surface area contributed by atoms with E-state index < -0.39 is 5.91 Å². The van der Waals surface area contributed by atoms with Crippen molar-refractivity contribution in [2.75, 3.05) is 14.2 Å². The van der Waals surface area contributed by atoms with Crippen LogP contribution in [0.1, 0.15) is 10.4 Å². The number of nitrogens with two attached hydrogens (primary N) is 1. The first-order valence-corrected chi connectivity index (χ1v) is 7.14. The van der Waals surface area contributed by atoms with Gasteiger partial charge in [0.2, 0.25) is 11.7 Å². The van der Waals surface area contributed by atoms with E-state index in [0.29, 0.717) is 39.4 Å². The summed E-state index contributed by atoms with van der Waals surface area (Å²) in [6, 6.07) is 11.2. The molecular formula is C18H15NO5. The third-order valence-corrected chi connectivity index (χ3v) is 3.69. The fourth-order valence-electron chi connectivity index (χ4n) is 2.47. The average molecular weight is 325 g/mol. The smallest absolute Gasteiger partial charge is 0.248 e. The Bertz CT molecular complexity index is 973. The summed E-state index contributed by atoms with van der Waals surface area (Å²) in [5.41, 5.74) is 6.35. The second-order valence-electron chi connectivity index (χ2n) is 5.09. The lowest BCUT2D eigenvalue weighted by molar-refractivity contribution is 0.100. The van der Waals surface area contributed by atoms with E-state index >= 15 is 0 Å². The lowest BCUT2D eigenvalue weighted by Crippen LogP contribution is -2.10. The van der Waals surface area contributed by atoms with Gasteiger partial charge in [-0.25, -0.2) is 0 Å². The Balaban J connectivity index is 2.22. The molecule has 3 rings (SSSR count). The van der Waals surface area contributed by atoms with Gasteiger partial charge in [-0.05, 0) is 24.3 Å². The number of benzene rings is 2. The largest absolute Gasteiger partial charge is 0.493 e. The maximum absolute atomic E-state index is 12.4. The summed E-state index contributed by atoms with van der Waals surface area (Å²) < 4.78 is 16.4. The highest BCUT2D eigenvalue weighted by atomic mass is 16.5. The first kappa shape index (κ1) is 15.6. The molecule has 6 heteroatoms. The topological polar surface area (TPSA) is 91.8 Å². The van der Waals surface area contributed by atoms with Gasteiger partial charge in [-0.3, -0.25) is 9.59 Å². The molecule has 0 bridgehead atoms. The minimum absolute atomic E-state index is 0.203. The van der Waals surface area contributed by atoms with E-state index in [-0.39, 0.29) is 5.43 Å². The van der Waals surface area contributed by atoms with Gasteiger partial charge in [0.1, 0.15) is 5.76 Å². The van der Waals surface area contributed by atoms with Gasteiger partial charge in [-0.15, -0.1) is 0 Å². The molecule has 1 aromatic heterocycles. The second-order valence-corrected chi connectivity index (χ2v) is 5.09. The van der Waals surface area contributed by atoms with Crippen molar-refractivity contribution in [1.29, 1.82) is 0 Å². The number of primary amides is 1. The monoisotopic (exact) mass is 325 g/mol. The van der Waals surface area contributed by atoms with Gasteiger partial charge in [-0.1, -0.05) is 12.1 Å². The van der Waals surface area contributed by atoms with Gasteiger partial charge in [-0.2, -0.15) is 0 Å². The van der Waals surface area contributed by atoms with Gasteiger partial charge in [0.25, 0.3) is 0 Å². The number of rotatable bonds is 4. The molecule has 24 heavy (non-hydrogen) atoms. The Hall–Kier alpha value is -3.28. The molecule has 1 heterocycles. The molecule has 0 fully saturated rings. The molecule has 0 aliphatic carbocycles. The number of carbonyl (C=O) groups excluding carboxylic acids is 1. The number of carbonyl (C=O) groups is 1. The lowest BCUT2D eigenvalue weighted by Gasteiger charge is -2.10. The minimum atomic E-state index is -0.520. The van der Waals surface area contributed by atoms with Crippen LogP contribution in [0, 0.1) is 0 Å². The van der Waals surface area contributed by atoms with Crippen molar-refractivity contribution in [2.45, 2.75) is 0 Å². The highest BCUT2D eigenvalue weighted by Crippen LogP contribution is 2.36. The van der Waals surface area contributed by atoms with Crippen LogP contribution in [0.25, 0.3) is 22.3 Å². The summed E-state index contributed by atoms with van der Waals surface area (Å²) in [5, 5.41) is 0.394. The lowest BCUT2D eigenvalue weighted by atomic mass is 10.1. The highest BCUT2D eigenvalue weighted by Gasteiger charge is 2.15. The SMILES string of the molecule is COc1ccc2c(=O)cc(-c3ccc(C(N)=O)cc3)oc2c1OC. The molecule has 6 nitrogen and oxygen atoms in total. The summed E-state index contributed by atoms with van der Waals surface area (Å²) in [7, 11) is 2.99. The zero-order valence-corrected chi connectivity index (χ0v) is 13.2. The summed E-state index contributed by atoms with van der Waals surface area (Å²) in [4.78, 5) is 23.5. The number of methoxy groups -OCH3 is 2. The molecule has 0 radical (unpaired) electrons. The van der Waals surface area contributed by atoms with Crippen LogP contribution in [0.2, 0.25) is 0 Å². The fraction of sp³-hybridized carbons (Fsp3) is 0.111. The Labute approximate surface area is 137 Å². The second kappa shape index (κ2) is 6.08. The third-order valence-electron chi connectivity index (χ3n) is 3.69. The normalized spacial score (nSPS) is 10.6. The van der Waals surface area contributed by atoms with Gasteiger partial charge in [0.15, 0.2) is 16.8 Å². The van der Waals surface area contributed by atoms with Gasteiger partial charge < -0.3 is 19.6 Å². The van der Waals surface area contributed by atoms with Crippen molar-refractivity contribution in [2.24, 2.45) is 5.73 Å². The van der Waals surface area contributed by atoms with Crippen LogP contribution in [-0.4, -0.2) is 20.1 Å². The van der Waals surface area contributed by atoms with Crippen molar-refractivity contribution in [3.8, 4) is 22.8 Å². The van der Waals surface area contributed by atoms with E-state index in [1.165, 1.54) is 20.3 Å². The zero-order chi connectivity index (χ0) is 17.3. The quantitative estimate of drug-likeness (QED) is 0.796. The summed E-state index contributed by atoms with van der Waals surface area (Å²) in [6.07, 6.45) is 0. The van der Waals surface area contributed by atoms with E-state index in [1.807, 2.05) is 0 Å². The number of amides is 1. The van der Waals surface area contributed by atoms with Crippen LogP contribution in [0.15, 0.2) is 51.7 Å². The first-order valence-electron chi connectivity index (χ1n) is 7.14. The molecule has 0 atom stereocenters. The number of hydrogen-bond donors (Lipinski definition) is 1. The summed E-state index contributed by atoms with van der Waals surface area (Å²) in [6.45, 7) is 0. The van der Waals surface area contributed by atoms with E-state index in [1.54, 1.807) is 36.4 Å². The van der Waals surface area contributed by atoms with E-state index in [9.17, 15) is 9.59 Å². The molecule has 0 spiro atoms. The molecule has 0 aliphatic heterocycles. The molecule has 122 valence electrons. The molecule has 0 saturated carbocycles. The Kier molecular flexibility index (Phi) is 3.95. The summed E-state index contributed by atoms with van der Waals surface area (Å²) >= 11 is 0. The number of hydrogen-bond acceptors (Lipinski definition) is 5. The van der Waals surface area contributed by atoms with Crippen LogP contribution in [0.5, 0.6) is 11.5 Å². The molecule has 2 N–H and O–H groups in total. The molecule has 0 saturated heterocycles. The van der Waals surface area contributed by atoms with Crippen LogP contribution < -0.4 is 20.6 Å². The molecular weight excluding hydrogens is 310 g/mol. The van der Waals surface area contributed by atoms with E-state index in [4.69, 9.17) is 19.6 Å². The predicted octanol–water partition coefficient (Wildman–Crippen LogP) is 2.58. The summed E-state index contributed by atoms with van der Waals surface area (Å²) in [5.74, 6) is 0.653. The molecule has 3 aromatic rings. The maximum atomic E-state index is 12.4. The Morgan fingerprint density at radius 1 is 1.04 bits per heavy atom. The maximum Gasteiger partial charge on any atom is 0.248 e. The van der Waals surface area contributed by atoms with Gasteiger partial charge >= 0.3 is 0 Å². The van der Waals surface area contributed by atoms with E-state index in [0.717, 1.165) is 0 Å². The van der Waals surface area contributed by atoms with Crippen molar-refractivity contribution in [3.05, 3.63) is 58.3 Å². The molecule has 1 amide bonds.